The van der Waals surface area contributed by atoms with Crippen molar-refractivity contribution in [2.45, 2.75) is 82.8 Å². The Kier molecular flexibility index (Phi) is 4.75. The SMILES string of the molecule is C[C@]12CC=C3[C@@H](C(C(=O)O)CC4(O)CC(=O)CC[C@]34C)[C@@H]1CC[C@]2(O)CCC(=O)O. The van der Waals surface area contributed by atoms with Crippen LogP contribution in [0.1, 0.15) is 71.6 Å². The molecule has 0 amide bonds. The van der Waals surface area contributed by atoms with Gasteiger partial charge in [-0.05, 0) is 50.4 Å². The van der Waals surface area contributed by atoms with Crippen molar-refractivity contribution in [2.24, 2.45) is 28.6 Å². The summed E-state index contributed by atoms with van der Waals surface area (Å²) in [6.07, 6.45) is 4.54. The number of allylic oxidation sites excluding steroid dienone is 1. The molecular formula is C23H32O7. The molecule has 3 saturated carbocycles. The summed E-state index contributed by atoms with van der Waals surface area (Å²) in [5, 5.41) is 42.2. The van der Waals surface area contributed by atoms with Crippen molar-refractivity contribution in [2.75, 3.05) is 0 Å². The minimum Gasteiger partial charge on any atom is -0.481 e. The molecule has 0 saturated heterocycles. The molecule has 0 heterocycles. The van der Waals surface area contributed by atoms with E-state index in [0.29, 0.717) is 32.1 Å². The van der Waals surface area contributed by atoms with Crippen LogP contribution < -0.4 is 0 Å². The van der Waals surface area contributed by atoms with Gasteiger partial charge in [-0.3, -0.25) is 14.4 Å². The molecule has 0 spiro atoms. The Morgan fingerprint density at radius 2 is 1.87 bits per heavy atom. The van der Waals surface area contributed by atoms with E-state index in [-0.39, 0.29) is 43.3 Å². The number of ketones is 1. The number of carboxylic acids is 2. The number of aliphatic carboxylic acids is 2. The lowest BCUT2D eigenvalue weighted by Gasteiger charge is -2.61. The minimum atomic E-state index is -1.36. The fraction of sp³-hybridized carbons (Fsp3) is 0.783. The molecule has 7 nitrogen and oxygen atoms in total. The number of fused-ring (bicyclic) bond motifs is 5. The summed E-state index contributed by atoms with van der Waals surface area (Å²) >= 11 is 0. The van der Waals surface area contributed by atoms with Crippen molar-refractivity contribution in [1.29, 1.82) is 0 Å². The number of Topliss-reactive ketones (excluding diaryl/α,β-unsaturated/α-hetero) is 1. The summed E-state index contributed by atoms with van der Waals surface area (Å²) in [7, 11) is 0. The van der Waals surface area contributed by atoms with Gasteiger partial charge in [0.25, 0.3) is 0 Å². The molecule has 4 aliphatic rings. The van der Waals surface area contributed by atoms with Crippen LogP contribution in [-0.2, 0) is 14.4 Å². The van der Waals surface area contributed by atoms with E-state index >= 15 is 0 Å². The largest absolute Gasteiger partial charge is 0.481 e. The van der Waals surface area contributed by atoms with Crippen LogP contribution in [0.3, 0.4) is 0 Å². The van der Waals surface area contributed by atoms with Gasteiger partial charge in [-0.25, -0.2) is 0 Å². The molecule has 7 heteroatoms. The van der Waals surface area contributed by atoms with E-state index in [1.807, 2.05) is 19.9 Å². The first kappa shape index (κ1) is 21.5. The Morgan fingerprint density at radius 3 is 2.50 bits per heavy atom. The van der Waals surface area contributed by atoms with Gasteiger partial charge in [-0.2, -0.15) is 0 Å². The molecular weight excluding hydrogens is 388 g/mol. The number of carboxylic acid groups (broad SMARTS) is 2. The van der Waals surface area contributed by atoms with E-state index in [2.05, 4.69) is 0 Å². The molecule has 0 aromatic carbocycles. The number of aliphatic hydroxyl groups is 2. The molecule has 2 unspecified atom stereocenters. The van der Waals surface area contributed by atoms with Crippen molar-refractivity contribution in [3.05, 3.63) is 11.6 Å². The zero-order valence-electron chi connectivity index (χ0n) is 17.7. The lowest BCUT2D eigenvalue weighted by molar-refractivity contribution is -0.176. The lowest BCUT2D eigenvalue weighted by Crippen LogP contribution is -2.62. The van der Waals surface area contributed by atoms with Gasteiger partial charge in [0.2, 0.25) is 0 Å². The summed E-state index contributed by atoms with van der Waals surface area (Å²) in [5.41, 5.74) is -2.85. The van der Waals surface area contributed by atoms with Crippen LogP contribution in [0.5, 0.6) is 0 Å². The van der Waals surface area contributed by atoms with Crippen LogP contribution >= 0.6 is 0 Å². The zero-order valence-corrected chi connectivity index (χ0v) is 17.7. The number of hydrogen-bond donors (Lipinski definition) is 4. The Hall–Kier alpha value is -1.73. The standard InChI is InChI=1S/C23H32O7/c1-20-8-4-15-18(16(20)5-9-22(20,29)10-6-17(25)26)14(19(27)28)12-23(30)11-13(24)3-7-21(15,23)2/h4,14,16,18,29-30H,3,5-12H2,1-2H3,(H,25,26)(H,27,28)/t14?,16-,18+,20-,21+,22-,23?/m0/s1. The lowest BCUT2D eigenvalue weighted by atomic mass is 9.44. The normalized spacial score (nSPS) is 47.7. The van der Waals surface area contributed by atoms with Gasteiger partial charge >= 0.3 is 11.9 Å². The quantitative estimate of drug-likeness (QED) is 0.514. The molecule has 4 rings (SSSR count). The number of rotatable bonds is 4. The number of carbonyl (C=O) groups excluding carboxylic acids is 1. The van der Waals surface area contributed by atoms with Crippen molar-refractivity contribution < 1.29 is 34.8 Å². The maximum Gasteiger partial charge on any atom is 0.307 e. The van der Waals surface area contributed by atoms with Gasteiger partial charge in [0.1, 0.15) is 5.78 Å². The van der Waals surface area contributed by atoms with Gasteiger partial charge in [0, 0.05) is 30.1 Å². The van der Waals surface area contributed by atoms with Crippen LogP contribution in [0.25, 0.3) is 0 Å². The van der Waals surface area contributed by atoms with E-state index in [9.17, 15) is 29.7 Å². The molecule has 7 atom stereocenters. The fourth-order valence-electron chi connectivity index (χ4n) is 7.42. The third-order valence-electron chi connectivity index (χ3n) is 9.41. The van der Waals surface area contributed by atoms with E-state index in [4.69, 9.17) is 5.11 Å². The first-order valence-electron chi connectivity index (χ1n) is 11.0. The summed E-state index contributed by atoms with van der Waals surface area (Å²) in [6, 6.07) is 0. The Balaban J connectivity index is 1.78. The number of carbonyl (C=O) groups is 3. The second kappa shape index (κ2) is 6.63. The first-order valence-corrected chi connectivity index (χ1v) is 11.0. The van der Waals surface area contributed by atoms with Gasteiger partial charge in [0.05, 0.1) is 17.1 Å². The van der Waals surface area contributed by atoms with Crippen LogP contribution in [-0.4, -0.2) is 49.4 Å². The molecule has 30 heavy (non-hydrogen) atoms. The smallest absolute Gasteiger partial charge is 0.307 e. The highest BCUT2D eigenvalue weighted by Crippen LogP contribution is 2.68. The van der Waals surface area contributed by atoms with Gasteiger partial charge in [-0.1, -0.05) is 25.5 Å². The highest BCUT2D eigenvalue weighted by atomic mass is 16.4. The van der Waals surface area contributed by atoms with E-state index in [0.717, 1.165) is 5.57 Å². The van der Waals surface area contributed by atoms with E-state index < -0.39 is 39.9 Å². The Morgan fingerprint density at radius 1 is 1.17 bits per heavy atom. The predicted octanol–water partition coefficient (Wildman–Crippen LogP) is 2.54. The molecule has 0 aliphatic heterocycles. The van der Waals surface area contributed by atoms with Gasteiger partial charge < -0.3 is 20.4 Å². The zero-order chi connectivity index (χ0) is 22.1. The van der Waals surface area contributed by atoms with Crippen molar-refractivity contribution in [3.63, 3.8) is 0 Å². The van der Waals surface area contributed by atoms with Crippen LogP contribution in [0.15, 0.2) is 11.6 Å². The topological polar surface area (TPSA) is 132 Å². The fourth-order valence-corrected chi connectivity index (χ4v) is 7.42. The summed E-state index contributed by atoms with van der Waals surface area (Å²) in [6.45, 7) is 3.93. The average Bonchev–Trinajstić information content (AvgIpc) is 2.92. The van der Waals surface area contributed by atoms with Crippen LogP contribution in [0.2, 0.25) is 0 Å². The van der Waals surface area contributed by atoms with Crippen molar-refractivity contribution in [3.8, 4) is 0 Å². The third kappa shape index (κ3) is 2.74. The van der Waals surface area contributed by atoms with Crippen molar-refractivity contribution in [1.82, 2.24) is 0 Å². The second-order valence-corrected chi connectivity index (χ2v) is 10.6. The average molecular weight is 421 g/mol. The predicted molar refractivity (Wildman–Crippen MR) is 106 cm³/mol. The molecule has 0 aromatic rings. The molecule has 166 valence electrons. The van der Waals surface area contributed by atoms with Crippen molar-refractivity contribution >= 4 is 17.7 Å². The number of hydrogen-bond acceptors (Lipinski definition) is 5. The molecule has 4 aliphatic carbocycles. The summed E-state index contributed by atoms with van der Waals surface area (Å²) in [5.74, 6) is -3.21. The van der Waals surface area contributed by atoms with E-state index in [1.54, 1.807) is 0 Å². The monoisotopic (exact) mass is 420 g/mol. The highest BCUT2D eigenvalue weighted by molar-refractivity contribution is 5.82. The maximum atomic E-state index is 12.3. The molecule has 4 N–H and O–H groups in total. The Bertz CT molecular complexity index is 833. The van der Waals surface area contributed by atoms with Crippen LogP contribution in [0, 0.1) is 28.6 Å². The Labute approximate surface area is 176 Å². The highest BCUT2D eigenvalue weighted by Gasteiger charge is 2.67. The first-order chi connectivity index (χ1) is 13.9. The molecule has 0 bridgehead atoms. The minimum absolute atomic E-state index is 0.0121. The second-order valence-electron chi connectivity index (χ2n) is 10.6. The molecule has 0 aromatic heterocycles. The van der Waals surface area contributed by atoms with Gasteiger partial charge in [0.15, 0.2) is 0 Å². The third-order valence-corrected chi connectivity index (χ3v) is 9.41. The molecule has 3 fully saturated rings. The maximum absolute atomic E-state index is 12.3. The van der Waals surface area contributed by atoms with Gasteiger partial charge in [-0.15, -0.1) is 0 Å². The summed E-state index contributed by atoms with van der Waals surface area (Å²) < 4.78 is 0. The van der Waals surface area contributed by atoms with E-state index in [1.165, 1.54) is 0 Å². The van der Waals surface area contributed by atoms with Crippen LogP contribution in [0.4, 0.5) is 0 Å². The molecule has 0 radical (unpaired) electrons. The summed E-state index contributed by atoms with van der Waals surface area (Å²) in [4.78, 5) is 35.6.